The van der Waals surface area contributed by atoms with Gasteiger partial charge in [0.15, 0.2) is 0 Å². The molecule has 0 heterocycles. The summed E-state index contributed by atoms with van der Waals surface area (Å²) in [6.45, 7) is 4.83. The molecule has 0 saturated heterocycles. The van der Waals surface area contributed by atoms with Crippen LogP contribution in [0.3, 0.4) is 0 Å². The Bertz CT molecular complexity index is 530. The molecule has 0 aromatic heterocycles. The summed E-state index contributed by atoms with van der Waals surface area (Å²) in [6, 6.07) is 18.5. The fourth-order valence-corrected chi connectivity index (χ4v) is 2.72. The largest absolute Gasteiger partial charge is 0.494 e. The molecule has 0 aliphatic rings. The first-order chi connectivity index (χ1) is 10.3. The van der Waals surface area contributed by atoms with E-state index in [0.717, 1.165) is 36.3 Å². The number of halogens is 1. The molecule has 0 aliphatic heterocycles. The zero-order valence-electron chi connectivity index (χ0n) is 12.4. The summed E-state index contributed by atoms with van der Waals surface area (Å²) in [5.74, 6) is 1.40. The summed E-state index contributed by atoms with van der Waals surface area (Å²) in [5.41, 5.74) is 1.35. The van der Waals surface area contributed by atoms with Crippen LogP contribution >= 0.6 is 15.9 Å². The molecule has 2 aromatic rings. The fourth-order valence-electron chi connectivity index (χ4n) is 2.30. The number of rotatable bonds is 8. The van der Waals surface area contributed by atoms with E-state index in [1.807, 2.05) is 30.3 Å². The molecule has 2 nitrogen and oxygen atoms in total. The van der Waals surface area contributed by atoms with Crippen LogP contribution in [0.5, 0.6) is 5.75 Å². The first-order valence-electron chi connectivity index (χ1n) is 7.43. The lowest BCUT2D eigenvalue weighted by atomic mass is 9.96. The van der Waals surface area contributed by atoms with Gasteiger partial charge in [-0.05, 0) is 48.7 Å². The minimum absolute atomic E-state index is 0.464. The summed E-state index contributed by atoms with van der Waals surface area (Å²) in [7, 11) is 0. The maximum Gasteiger partial charge on any atom is 0.119 e. The van der Waals surface area contributed by atoms with Crippen molar-refractivity contribution in [1.82, 2.24) is 5.32 Å². The van der Waals surface area contributed by atoms with Gasteiger partial charge >= 0.3 is 0 Å². The van der Waals surface area contributed by atoms with Crippen molar-refractivity contribution in [3.05, 3.63) is 64.6 Å². The standard InChI is InChI=1S/C18H22BrNO/c1-2-20-14-16(15-7-6-8-17(19)13-15)11-12-21-18-9-4-3-5-10-18/h3-10,13,16,20H,2,11-12,14H2,1H3. The summed E-state index contributed by atoms with van der Waals surface area (Å²) >= 11 is 3.55. The first kappa shape index (κ1) is 16.1. The van der Waals surface area contributed by atoms with Crippen molar-refractivity contribution in [2.45, 2.75) is 19.3 Å². The maximum absolute atomic E-state index is 5.83. The van der Waals surface area contributed by atoms with Crippen molar-refractivity contribution < 1.29 is 4.74 Å². The number of benzene rings is 2. The molecule has 0 amide bonds. The van der Waals surface area contributed by atoms with Crippen LogP contribution in [0, 0.1) is 0 Å². The molecule has 1 unspecified atom stereocenters. The van der Waals surface area contributed by atoms with Crippen molar-refractivity contribution in [2.75, 3.05) is 19.7 Å². The van der Waals surface area contributed by atoms with Gasteiger partial charge in [-0.2, -0.15) is 0 Å². The van der Waals surface area contributed by atoms with Crippen LogP contribution in [-0.2, 0) is 0 Å². The van der Waals surface area contributed by atoms with E-state index in [-0.39, 0.29) is 0 Å². The Morgan fingerprint density at radius 1 is 1.10 bits per heavy atom. The molecule has 0 aliphatic carbocycles. The van der Waals surface area contributed by atoms with Crippen molar-refractivity contribution in [1.29, 1.82) is 0 Å². The highest BCUT2D eigenvalue weighted by atomic mass is 79.9. The minimum atomic E-state index is 0.464. The Balaban J connectivity index is 1.93. The number of hydrogen-bond donors (Lipinski definition) is 1. The summed E-state index contributed by atoms with van der Waals surface area (Å²) < 4.78 is 6.96. The van der Waals surface area contributed by atoms with Gasteiger partial charge in [-0.1, -0.05) is 53.2 Å². The van der Waals surface area contributed by atoms with E-state index in [2.05, 4.69) is 52.4 Å². The summed E-state index contributed by atoms with van der Waals surface area (Å²) in [4.78, 5) is 0. The van der Waals surface area contributed by atoms with E-state index in [9.17, 15) is 0 Å². The van der Waals surface area contributed by atoms with E-state index in [1.165, 1.54) is 5.56 Å². The van der Waals surface area contributed by atoms with E-state index in [0.29, 0.717) is 5.92 Å². The van der Waals surface area contributed by atoms with E-state index in [1.54, 1.807) is 0 Å². The molecule has 2 rings (SSSR count). The second-order valence-electron chi connectivity index (χ2n) is 5.01. The predicted molar refractivity (Wildman–Crippen MR) is 92.0 cm³/mol. The van der Waals surface area contributed by atoms with Gasteiger partial charge in [-0.3, -0.25) is 0 Å². The monoisotopic (exact) mass is 347 g/mol. The van der Waals surface area contributed by atoms with Gasteiger partial charge in [0.1, 0.15) is 5.75 Å². The number of nitrogens with one attached hydrogen (secondary N) is 1. The van der Waals surface area contributed by atoms with Crippen LogP contribution in [0.2, 0.25) is 0 Å². The quantitative estimate of drug-likeness (QED) is 0.752. The molecule has 21 heavy (non-hydrogen) atoms. The lowest BCUT2D eigenvalue weighted by molar-refractivity contribution is 0.295. The second kappa shape index (κ2) is 8.85. The van der Waals surface area contributed by atoms with Gasteiger partial charge in [-0.25, -0.2) is 0 Å². The number of ether oxygens (including phenoxy) is 1. The molecular weight excluding hydrogens is 326 g/mol. The third-order valence-electron chi connectivity index (χ3n) is 3.44. The third-order valence-corrected chi connectivity index (χ3v) is 3.93. The van der Waals surface area contributed by atoms with Crippen molar-refractivity contribution in [3.63, 3.8) is 0 Å². The van der Waals surface area contributed by atoms with E-state index < -0.39 is 0 Å². The zero-order valence-corrected chi connectivity index (χ0v) is 14.0. The van der Waals surface area contributed by atoms with Crippen molar-refractivity contribution in [3.8, 4) is 5.75 Å². The van der Waals surface area contributed by atoms with Crippen LogP contribution in [0.15, 0.2) is 59.1 Å². The highest BCUT2D eigenvalue weighted by Gasteiger charge is 2.11. The minimum Gasteiger partial charge on any atom is -0.494 e. The van der Waals surface area contributed by atoms with Gasteiger partial charge in [0, 0.05) is 11.0 Å². The number of likely N-dealkylation sites (N-methyl/N-ethyl adjacent to an activating group) is 1. The van der Waals surface area contributed by atoms with Gasteiger partial charge in [0.05, 0.1) is 6.61 Å². The Morgan fingerprint density at radius 3 is 2.62 bits per heavy atom. The Hall–Kier alpha value is -1.32. The Morgan fingerprint density at radius 2 is 1.90 bits per heavy atom. The summed E-state index contributed by atoms with van der Waals surface area (Å²) in [6.07, 6.45) is 0.998. The highest BCUT2D eigenvalue weighted by Crippen LogP contribution is 2.23. The SMILES string of the molecule is CCNCC(CCOc1ccccc1)c1cccc(Br)c1. The molecule has 0 saturated carbocycles. The zero-order chi connectivity index (χ0) is 14.9. The van der Waals surface area contributed by atoms with Gasteiger partial charge in [0.2, 0.25) is 0 Å². The molecule has 0 spiro atoms. The fraction of sp³-hybridized carbons (Fsp3) is 0.333. The average Bonchev–Trinajstić information content (AvgIpc) is 2.51. The van der Waals surface area contributed by atoms with Crippen molar-refractivity contribution >= 4 is 15.9 Å². The molecule has 0 fully saturated rings. The third kappa shape index (κ3) is 5.52. The average molecular weight is 348 g/mol. The Kier molecular flexibility index (Phi) is 6.77. The second-order valence-corrected chi connectivity index (χ2v) is 5.93. The molecule has 2 aromatic carbocycles. The first-order valence-corrected chi connectivity index (χ1v) is 8.23. The lowest BCUT2D eigenvalue weighted by Gasteiger charge is -2.18. The van der Waals surface area contributed by atoms with Gasteiger partial charge in [0.25, 0.3) is 0 Å². The van der Waals surface area contributed by atoms with E-state index in [4.69, 9.17) is 4.74 Å². The Labute approximate surface area is 135 Å². The van der Waals surface area contributed by atoms with Gasteiger partial charge < -0.3 is 10.1 Å². The molecule has 1 N–H and O–H groups in total. The predicted octanol–water partition coefficient (Wildman–Crippen LogP) is 4.61. The highest BCUT2D eigenvalue weighted by molar-refractivity contribution is 9.10. The molecule has 0 bridgehead atoms. The molecule has 0 radical (unpaired) electrons. The topological polar surface area (TPSA) is 21.3 Å². The van der Waals surface area contributed by atoms with Gasteiger partial charge in [-0.15, -0.1) is 0 Å². The molecule has 1 atom stereocenters. The normalized spacial score (nSPS) is 12.1. The van der Waals surface area contributed by atoms with Crippen LogP contribution in [0.25, 0.3) is 0 Å². The molecular formula is C18H22BrNO. The van der Waals surface area contributed by atoms with Crippen LogP contribution in [0.1, 0.15) is 24.8 Å². The molecule has 112 valence electrons. The number of para-hydroxylation sites is 1. The van der Waals surface area contributed by atoms with Crippen LogP contribution < -0.4 is 10.1 Å². The number of hydrogen-bond acceptors (Lipinski definition) is 2. The van der Waals surface area contributed by atoms with E-state index >= 15 is 0 Å². The smallest absolute Gasteiger partial charge is 0.119 e. The maximum atomic E-state index is 5.83. The summed E-state index contributed by atoms with van der Waals surface area (Å²) in [5, 5.41) is 3.44. The van der Waals surface area contributed by atoms with Crippen LogP contribution in [0.4, 0.5) is 0 Å². The molecule has 3 heteroatoms. The van der Waals surface area contributed by atoms with Crippen LogP contribution in [-0.4, -0.2) is 19.7 Å². The lowest BCUT2D eigenvalue weighted by Crippen LogP contribution is -2.22. The van der Waals surface area contributed by atoms with Crippen molar-refractivity contribution in [2.24, 2.45) is 0 Å².